The van der Waals surface area contributed by atoms with Gasteiger partial charge in [-0.25, -0.2) is 0 Å². The second-order valence-corrected chi connectivity index (χ2v) is 5.42. The molecule has 0 radical (unpaired) electrons. The molecule has 17 heavy (non-hydrogen) atoms. The summed E-state index contributed by atoms with van der Waals surface area (Å²) in [5, 5.41) is 2.36. The number of ketones is 1. The third kappa shape index (κ3) is 3.09. The summed E-state index contributed by atoms with van der Waals surface area (Å²) in [5.41, 5.74) is 0. The van der Waals surface area contributed by atoms with Gasteiger partial charge in [-0.05, 0) is 39.5 Å². The number of thiophene rings is 1. The number of ether oxygens (including phenoxy) is 1. The molecular weight excluding hydrogens is 324 g/mol. The van der Waals surface area contributed by atoms with Crippen LogP contribution in [0.15, 0.2) is 40.2 Å². The van der Waals surface area contributed by atoms with Gasteiger partial charge in [0, 0.05) is 4.47 Å². The summed E-state index contributed by atoms with van der Waals surface area (Å²) in [4.78, 5) is 12.5. The van der Waals surface area contributed by atoms with Gasteiger partial charge in [-0.15, -0.1) is 11.3 Å². The SMILES string of the molecule is O=C(COc1ccccc1Cl)c1sccc1Br. The van der Waals surface area contributed by atoms with Gasteiger partial charge in [0.1, 0.15) is 5.75 Å². The highest BCUT2D eigenvalue weighted by Crippen LogP contribution is 2.25. The lowest BCUT2D eigenvalue weighted by Crippen LogP contribution is -2.10. The lowest BCUT2D eigenvalue weighted by molar-refractivity contribution is 0.0925. The molecule has 2 rings (SSSR count). The van der Waals surface area contributed by atoms with Gasteiger partial charge >= 0.3 is 0 Å². The van der Waals surface area contributed by atoms with Crippen molar-refractivity contribution >= 4 is 44.7 Å². The van der Waals surface area contributed by atoms with Crippen LogP contribution >= 0.6 is 38.9 Å². The Bertz CT molecular complexity index is 539. The van der Waals surface area contributed by atoms with Gasteiger partial charge in [-0.2, -0.15) is 0 Å². The number of carbonyl (C=O) groups excluding carboxylic acids is 1. The molecule has 0 fully saturated rings. The fourth-order valence-corrected chi connectivity index (χ4v) is 2.97. The lowest BCUT2D eigenvalue weighted by Gasteiger charge is -2.06. The zero-order valence-corrected chi connectivity index (χ0v) is 11.8. The minimum Gasteiger partial charge on any atom is -0.484 e. The van der Waals surface area contributed by atoms with E-state index in [1.807, 2.05) is 23.6 Å². The van der Waals surface area contributed by atoms with Crippen LogP contribution in [-0.2, 0) is 0 Å². The van der Waals surface area contributed by atoms with Gasteiger partial charge in [-0.3, -0.25) is 4.79 Å². The standard InChI is InChI=1S/C12H8BrClO2S/c13-8-5-6-17-12(8)10(15)7-16-11-4-2-1-3-9(11)14/h1-6H,7H2. The maximum atomic E-state index is 11.8. The highest BCUT2D eigenvalue weighted by atomic mass is 79.9. The first-order chi connectivity index (χ1) is 8.18. The van der Waals surface area contributed by atoms with Crippen molar-refractivity contribution in [2.75, 3.05) is 6.61 Å². The van der Waals surface area contributed by atoms with E-state index in [1.54, 1.807) is 12.1 Å². The van der Waals surface area contributed by atoms with Crippen LogP contribution < -0.4 is 4.74 Å². The average molecular weight is 332 g/mol. The Morgan fingerprint density at radius 3 is 2.76 bits per heavy atom. The number of hydrogen-bond donors (Lipinski definition) is 0. The van der Waals surface area contributed by atoms with Crippen LogP contribution in [0, 0.1) is 0 Å². The van der Waals surface area contributed by atoms with E-state index in [1.165, 1.54) is 11.3 Å². The summed E-state index contributed by atoms with van der Waals surface area (Å²) in [7, 11) is 0. The van der Waals surface area contributed by atoms with Crippen LogP contribution in [0.25, 0.3) is 0 Å². The molecule has 0 aliphatic rings. The van der Waals surface area contributed by atoms with Gasteiger partial charge < -0.3 is 4.74 Å². The third-order valence-corrected chi connectivity index (χ3v) is 4.26. The van der Waals surface area contributed by atoms with Crippen LogP contribution in [0.4, 0.5) is 0 Å². The molecule has 0 saturated heterocycles. The van der Waals surface area contributed by atoms with Crippen molar-refractivity contribution in [1.82, 2.24) is 0 Å². The summed E-state index contributed by atoms with van der Waals surface area (Å²) < 4.78 is 6.18. The first-order valence-electron chi connectivity index (χ1n) is 4.82. The second-order valence-electron chi connectivity index (χ2n) is 3.24. The molecule has 1 aromatic heterocycles. The minimum atomic E-state index is -0.0632. The van der Waals surface area contributed by atoms with Crippen molar-refractivity contribution in [1.29, 1.82) is 0 Å². The predicted molar refractivity (Wildman–Crippen MR) is 73.3 cm³/mol. The lowest BCUT2D eigenvalue weighted by atomic mass is 10.3. The van der Waals surface area contributed by atoms with Crippen molar-refractivity contribution in [3.63, 3.8) is 0 Å². The molecular formula is C12H8BrClO2S. The summed E-state index contributed by atoms with van der Waals surface area (Å²) in [6.07, 6.45) is 0. The van der Waals surface area contributed by atoms with Gasteiger partial charge in [-0.1, -0.05) is 23.7 Å². The molecule has 0 spiro atoms. The van der Waals surface area contributed by atoms with E-state index in [0.29, 0.717) is 15.6 Å². The number of halogens is 2. The van der Waals surface area contributed by atoms with Crippen LogP contribution in [0.3, 0.4) is 0 Å². The van der Waals surface area contributed by atoms with E-state index in [4.69, 9.17) is 16.3 Å². The van der Waals surface area contributed by atoms with Gasteiger partial charge in [0.2, 0.25) is 5.78 Å². The Kier molecular flexibility index (Phi) is 4.20. The molecule has 2 aromatic rings. The number of para-hydroxylation sites is 1. The first-order valence-corrected chi connectivity index (χ1v) is 6.87. The topological polar surface area (TPSA) is 26.3 Å². The van der Waals surface area contributed by atoms with Crippen LogP contribution in [0.5, 0.6) is 5.75 Å². The van der Waals surface area contributed by atoms with E-state index in [-0.39, 0.29) is 12.4 Å². The molecule has 0 N–H and O–H groups in total. The van der Waals surface area contributed by atoms with Crippen LogP contribution in [0.1, 0.15) is 9.67 Å². The van der Waals surface area contributed by atoms with E-state index < -0.39 is 0 Å². The van der Waals surface area contributed by atoms with E-state index >= 15 is 0 Å². The number of rotatable bonds is 4. The van der Waals surface area contributed by atoms with Crippen molar-refractivity contribution in [3.05, 3.63) is 50.1 Å². The van der Waals surface area contributed by atoms with E-state index in [2.05, 4.69) is 15.9 Å². The quantitative estimate of drug-likeness (QED) is 0.775. The second kappa shape index (κ2) is 5.67. The fourth-order valence-electron chi connectivity index (χ4n) is 1.26. The third-order valence-electron chi connectivity index (χ3n) is 2.07. The molecule has 1 aromatic carbocycles. The molecule has 0 bridgehead atoms. The molecule has 5 heteroatoms. The molecule has 0 atom stereocenters. The normalized spacial score (nSPS) is 10.2. The average Bonchev–Trinajstić information content (AvgIpc) is 2.74. The Morgan fingerprint density at radius 2 is 2.12 bits per heavy atom. The summed E-state index contributed by atoms with van der Waals surface area (Å²) >= 11 is 10.6. The Balaban J connectivity index is 2.02. The molecule has 0 aliphatic heterocycles. The predicted octanol–water partition coefficient (Wildman–Crippen LogP) is 4.43. The smallest absolute Gasteiger partial charge is 0.211 e. The van der Waals surface area contributed by atoms with Crippen LogP contribution in [0.2, 0.25) is 5.02 Å². The zero-order valence-electron chi connectivity index (χ0n) is 8.65. The maximum absolute atomic E-state index is 11.8. The highest BCUT2D eigenvalue weighted by molar-refractivity contribution is 9.10. The fraction of sp³-hybridized carbons (Fsp3) is 0.0833. The molecule has 0 unspecified atom stereocenters. The van der Waals surface area contributed by atoms with Crippen molar-refractivity contribution in [2.24, 2.45) is 0 Å². The summed E-state index contributed by atoms with van der Waals surface area (Å²) in [5.74, 6) is 0.460. The Hall–Kier alpha value is -0.840. The van der Waals surface area contributed by atoms with Crippen molar-refractivity contribution in [3.8, 4) is 5.75 Å². The monoisotopic (exact) mass is 330 g/mol. The summed E-state index contributed by atoms with van der Waals surface area (Å²) in [6, 6.07) is 8.93. The first kappa shape index (κ1) is 12.6. The highest BCUT2D eigenvalue weighted by Gasteiger charge is 2.12. The van der Waals surface area contributed by atoms with Crippen molar-refractivity contribution in [2.45, 2.75) is 0 Å². The number of benzene rings is 1. The van der Waals surface area contributed by atoms with E-state index in [0.717, 1.165) is 4.47 Å². The van der Waals surface area contributed by atoms with E-state index in [9.17, 15) is 4.79 Å². The molecule has 0 aliphatic carbocycles. The number of hydrogen-bond acceptors (Lipinski definition) is 3. The number of Topliss-reactive ketones (excluding diaryl/α,β-unsaturated/α-hetero) is 1. The number of carbonyl (C=O) groups is 1. The largest absolute Gasteiger partial charge is 0.484 e. The maximum Gasteiger partial charge on any atom is 0.211 e. The zero-order chi connectivity index (χ0) is 12.3. The Morgan fingerprint density at radius 1 is 1.35 bits per heavy atom. The minimum absolute atomic E-state index is 0.0111. The van der Waals surface area contributed by atoms with Gasteiger partial charge in [0.05, 0.1) is 9.90 Å². The molecule has 0 amide bonds. The van der Waals surface area contributed by atoms with Gasteiger partial charge in [0.25, 0.3) is 0 Å². The van der Waals surface area contributed by atoms with Crippen LogP contribution in [-0.4, -0.2) is 12.4 Å². The van der Waals surface area contributed by atoms with Crippen molar-refractivity contribution < 1.29 is 9.53 Å². The van der Waals surface area contributed by atoms with Gasteiger partial charge in [0.15, 0.2) is 6.61 Å². The molecule has 0 saturated carbocycles. The molecule has 1 heterocycles. The summed E-state index contributed by atoms with van der Waals surface area (Å²) in [6.45, 7) is -0.0111. The molecule has 88 valence electrons. The molecule has 2 nitrogen and oxygen atoms in total. The Labute approximate surface area is 116 Å².